The number of amides is 2. The summed E-state index contributed by atoms with van der Waals surface area (Å²) in [6.45, 7) is 2.04. The maximum absolute atomic E-state index is 12.4. The monoisotopic (exact) mass is 353 g/mol. The van der Waals surface area contributed by atoms with Gasteiger partial charge in [-0.15, -0.1) is 0 Å². The summed E-state index contributed by atoms with van der Waals surface area (Å²) in [6, 6.07) is 13.4. The molecule has 2 aromatic carbocycles. The zero-order chi connectivity index (χ0) is 18.0. The van der Waals surface area contributed by atoms with Crippen molar-refractivity contribution in [3.8, 4) is 6.07 Å². The number of halogens is 1. The van der Waals surface area contributed by atoms with Gasteiger partial charge in [-0.2, -0.15) is 5.26 Å². The lowest BCUT2D eigenvalue weighted by atomic mass is 10.1. The van der Waals surface area contributed by atoms with Gasteiger partial charge < -0.3 is 10.6 Å². The number of anilines is 2. The van der Waals surface area contributed by atoms with Crippen LogP contribution in [0.15, 0.2) is 42.5 Å². The van der Waals surface area contributed by atoms with Crippen molar-refractivity contribution in [2.24, 2.45) is 11.8 Å². The Morgan fingerprint density at radius 1 is 1.16 bits per heavy atom. The van der Waals surface area contributed by atoms with E-state index in [4.69, 9.17) is 16.9 Å². The third-order valence-corrected chi connectivity index (χ3v) is 4.51. The summed E-state index contributed by atoms with van der Waals surface area (Å²) in [5.74, 6) is 0.144. The second-order valence-electron chi connectivity index (χ2n) is 6.15. The summed E-state index contributed by atoms with van der Waals surface area (Å²) < 4.78 is 0. The molecule has 0 saturated heterocycles. The van der Waals surface area contributed by atoms with Crippen LogP contribution in [0.3, 0.4) is 0 Å². The number of rotatable bonds is 4. The Hall–Kier alpha value is -2.84. The van der Waals surface area contributed by atoms with Crippen LogP contribution >= 0.6 is 11.6 Å². The van der Waals surface area contributed by atoms with E-state index in [1.165, 1.54) is 6.07 Å². The molecule has 2 atom stereocenters. The number of carbonyl (C=O) groups excluding carboxylic acids is 2. The molecule has 1 saturated carbocycles. The van der Waals surface area contributed by atoms with Crippen molar-refractivity contribution in [1.29, 1.82) is 5.26 Å². The summed E-state index contributed by atoms with van der Waals surface area (Å²) in [4.78, 5) is 24.4. The van der Waals surface area contributed by atoms with E-state index in [-0.39, 0.29) is 17.7 Å². The highest BCUT2D eigenvalue weighted by Gasteiger charge is 2.39. The topological polar surface area (TPSA) is 82.0 Å². The SMILES string of the molecule is CC1CC1C(=O)Nc1cccc(C(=O)Nc2ccc(Cl)c(C#N)c2)c1. The van der Waals surface area contributed by atoms with E-state index in [1.807, 2.05) is 13.0 Å². The van der Waals surface area contributed by atoms with E-state index in [2.05, 4.69) is 10.6 Å². The highest BCUT2D eigenvalue weighted by atomic mass is 35.5. The van der Waals surface area contributed by atoms with Gasteiger partial charge in [-0.3, -0.25) is 9.59 Å². The summed E-state index contributed by atoms with van der Waals surface area (Å²) in [6.07, 6.45) is 0.907. The Balaban J connectivity index is 1.71. The predicted molar refractivity (Wildman–Crippen MR) is 96.5 cm³/mol. The van der Waals surface area contributed by atoms with Gasteiger partial charge >= 0.3 is 0 Å². The molecule has 2 unspecified atom stereocenters. The minimum Gasteiger partial charge on any atom is -0.326 e. The zero-order valence-corrected chi connectivity index (χ0v) is 14.3. The third-order valence-electron chi connectivity index (χ3n) is 4.18. The van der Waals surface area contributed by atoms with Crippen molar-refractivity contribution in [2.75, 3.05) is 10.6 Å². The molecule has 0 spiro atoms. The Labute approximate surface area is 150 Å². The van der Waals surface area contributed by atoms with E-state index in [0.717, 1.165) is 6.42 Å². The summed E-state index contributed by atoms with van der Waals surface area (Å²) >= 11 is 5.88. The molecule has 6 heteroatoms. The molecule has 2 N–H and O–H groups in total. The number of carbonyl (C=O) groups is 2. The van der Waals surface area contributed by atoms with E-state index in [9.17, 15) is 9.59 Å². The first-order valence-electron chi connectivity index (χ1n) is 7.90. The highest BCUT2D eigenvalue weighted by Crippen LogP contribution is 2.38. The lowest BCUT2D eigenvalue weighted by molar-refractivity contribution is -0.117. The fourth-order valence-corrected chi connectivity index (χ4v) is 2.71. The maximum atomic E-state index is 12.4. The van der Waals surface area contributed by atoms with Crippen LogP contribution in [0.4, 0.5) is 11.4 Å². The summed E-state index contributed by atoms with van der Waals surface area (Å²) in [7, 11) is 0. The number of nitrogens with zero attached hydrogens (tertiary/aromatic N) is 1. The van der Waals surface area contributed by atoms with Gasteiger partial charge in [0.15, 0.2) is 0 Å². The Kier molecular flexibility index (Phi) is 4.73. The van der Waals surface area contributed by atoms with Crippen molar-refractivity contribution in [2.45, 2.75) is 13.3 Å². The number of hydrogen-bond acceptors (Lipinski definition) is 3. The molecule has 1 aliphatic rings. The van der Waals surface area contributed by atoms with Gasteiger partial charge in [0.25, 0.3) is 5.91 Å². The van der Waals surface area contributed by atoms with Crippen molar-refractivity contribution >= 4 is 34.8 Å². The van der Waals surface area contributed by atoms with Crippen LogP contribution in [0.5, 0.6) is 0 Å². The van der Waals surface area contributed by atoms with Gasteiger partial charge in [-0.05, 0) is 48.7 Å². The summed E-state index contributed by atoms with van der Waals surface area (Å²) in [5.41, 5.74) is 1.77. The lowest BCUT2D eigenvalue weighted by Crippen LogP contribution is -2.16. The minimum absolute atomic E-state index is 0.0126. The van der Waals surface area contributed by atoms with Gasteiger partial charge in [0, 0.05) is 22.9 Å². The number of nitrogens with one attached hydrogen (secondary N) is 2. The molecular formula is C19H16ClN3O2. The standard InChI is InChI=1S/C19H16ClN3O2/c1-11-7-16(11)19(25)23-14-4-2-3-12(8-14)18(24)22-15-5-6-17(20)13(9-15)10-21/h2-6,8-9,11,16H,7H2,1H3,(H,22,24)(H,23,25). The molecule has 1 aliphatic carbocycles. The molecule has 0 heterocycles. The molecule has 2 aromatic rings. The van der Waals surface area contributed by atoms with Crippen molar-refractivity contribution in [3.05, 3.63) is 58.6 Å². The van der Waals surface area contributed by atoms with Crippen LogP contribution in [-0.2, 0) is 4.79 Å². The molecule has 2 amide bonds. The van der Waals surface area contributed by atoms with Crippen LogP contribution < -0.4 is 10.6 Å². The highest BCUT2D eigenvalue weighted by molar-refractivity contribution is 6.31. The smallest absolute Gasteiger partial charge is 0.255 e. The molecule has 126 valence electrons. The number of hydrogen-bond donors (Lipinski definition) is 2. The second-order valence-corrected chi connectivity index (χ2v) is 6.56. The van der Waals surface area contributed by atoms with E-state index in [1.54, 1.807) is 36.4 Å². The van der Waals surface area contributed by atoms with E-state index >= 15 is 0 Å². The minimum atomic E-state index is -0.331. The third kappa shape index (κ3) is 3.98. The molecule has 1 fully saturated rings. The van der Waals surface area contributed by atoms with Gasteiger partial charge in [0.05, 0.1) is 10.6 Å². The van der Waals surface area contributed by atoms with Crippen molar-refractivity contribution < 1.29 is 9.59 Å². The largest absolute Gasteiger partial charge is 0.326 e. The Morgan fingerprint density at radius 2 is 1.88 bits per heavy atom. The van der Waals surface area contributed by atoms with Gasteiger partial charge in [-0.25, -0.2) is 0 Å². The molecular weight excluding hydrogens is 338 g/mol. The average molecular weight is 354 g/mol. The van der Waals surface area contributed by atoms with Crippen LogP contribution in [-0.4, -0.2) is 11.8 Å². The summed E-state index contributed by atoms with van der Waals surface area (Å²) in [5, 5.41) is 14.9. The molecule has 0 aromatic heterocycles. The van der Waals surface area contributed by atoms with Crippen LogP contribution in [0, 0.1) is 23.2 Å². The normalized spacial score (nSPS) is 18.1. The molecule has 0 radical (unpaired) electrons. The first kappa shape index (κ1) is 17.0. The average Bonchev–Trinajstić information content (AvgIpc) is 3.34. The molecule has 3 rings (SSSR count). The molecule has 5 nitrogen and oxygen atoms in total. The lowest BCUT2D eigenvalue weighted by Gasteiger charge is -2.09. The van der Waals surface area contributed by atoms with Crippen LogP contribution in [0.25, 0.3) is 0 Å². The fraction of sp³-hybridized carbons (Fsp3) is 0.211. The van der Waals surface area contributed by atoms with Crippen LogP contribution in [0.2, 0.25) is 5.02 Å². The Bertz CT molecular complexity index is 888. The molecule has 0 aliphatic heterocycles. The Morgan fingerprint density at radius 3 is 2.56 bits per heavy atom. The fourth-order valence-electron chi connectivity index (χ4n) is 2.55. The van der Waals surface area contributed by atoms with Gasteiger partial charge in [-0.1, -0.05) is 24.6 Å². The van der Waals surface area contributed by atoms with E-state index in [0.29, 0.717) is 33.4 Å². The van der Waals surface area contributed by atoms with Crippen LogP contribution in [0.1, 0.15) is 29.3 Å². The molecule has 0 bridgehead atoms. The number of nitriles is 1. The molecule has 25 heavy (non-hydrogen) atoms. The first-order valence-corrected chi connectivity index (χ1v) is 8.27. The van der Waals surface area contributed by atoms with Crippen molar-refractivity contribution in [3.63, 3.8) is 0 Å². The van der Waals surface area contributed by atoms with Gasteiger partial charge in [0.2, 0.25) is 5.91 Å². The second kappa shape index (κ2) is 6.96. The first-order chi connectivity index (χ1) is 12.0. The number of benzene rings is 2. The zero-order valence-electron chi connectivity index (χ0n) is 13.5. The quantitative estimate of drug-likeness (QED) is 0.869. The predicted octanol–water partition coefficient (Wildman–Crippen LogP) is 4.06. The van der Waals surface area contributed by atoms with E-state index < -0.39 is 0 Å². The van der Waals surface area contributed by atoms with Crippen molar-refractivity contribution in [1.82, 2.24) is 0 Å². The maximum Gasteiger partial charge on any atom is 0.255 e. The van der Waals surface area contributed by atoms with Gasteiger partial charge in [0.1, 0.15) is 6.07 Å².